The Morgan fingerprint density at radius 3 is 2.81 bits per heavy atom. The molecule has 0 fully saturated rings. The molecule has 0 saturated heterocycles. The van der Waals surface area contributed by atoms with Gasteiger partial charge in [-0.1, -0.05) is 0 Å². The zero-order valence-corrected chi connectivity index (χ0v) is 15.5. The summed E-state index contributed by atoms with van der Waals surface area (Å²) in [6.07, 6.45) is 3.27. The number of fused-ring (bicyclic) bond motifs is 1. The second-order valence-corrected chi connectivity index (χ2v) is 7.89. The number of carbonyl (C=O) groups is 1. The topological polar surface area (TPSA) is 70.1 Å². The highest BCUT2D eigenvalue weighted by Gasteiger charge is 2.16. The molecule has 0 spiro atoms. The minimum atomic E-state index is -0.443. The second kappa shape index (κ2) is 6.48. The first-order chi connectivity index (χ1) is 9.80. The van der Waals surface area contributed by atoms with Crippen molar-refractivity contribution in [2.24, 2.45) is 0 Å². The van der Waals surface area contributed by atoms with Crippen molar-refractivity contribution in [1.29, 1.82) is 0 Å². The van der Waals surface area contributed by atoms with Crippen LogP contribution in [0, 0.1) is 0 Å². The zero-order chi connectivity index (χ0) is 15.6. The lowest BCUT2D eigenvalue weighted by molar-refractivity contribution is -0.154. The fourth-order valence-electron chi connectivity index (χ4n) is 2.06. The summed E-state index contributed by atoms with van der Waals surface area (Å²) in [5.74, 6) is -0.189. The molecule has 2 N–H and O–H groups in total. The Kier molecular flexibility index (Phi) is 5.09. The molecule has 1 aromatic heterocycles. The Labute approximate surface area is 138 Å². The maximum absolute atomic E-state index is 11.8. The van der Waals surface area contributed by atoms with Crippen LogP contribution in [0.5, 0.6) is 0 Å². The van der Waals surface area contributed by atoms with Gasteiger partial charge in [0.1, 0.15) is 5.60 Å². The van der Waals surface area contributed by atoms with E-state index in [4.69, 9.17) is 10.5 Å². The Bertz CT molecular complexity index is 664. The minimum absolute atomic E-state index is 0.189. The van der Waals surface area contributed by atoms with Gasteiger partial charge in [0.2, 0.25) is 0 Å². The smallest absolute Gasteiger partial charge is 0.306 e. The number of aromatic nitrogens is 2. The normalized spacial score (nSPS) is 12.4. The molecule has 0 saturated carbocycles. The molecule has 0 aliphatic heterocycles. The molecule has 114 valence electrons. The van der Waals surface area contributed by atoms with Gasteiger partial charge in [0, 0.05) is 17.5 Å². The van der Waals surface area contributed by atoms with Gasteiger partial charge < -0.3 is 10.5 Å². The summed E-state index contributed by atoms with van der Waals surface area (Å²) in [6.45, 7) is 5.61. The van der Waals surface area contributed by atoms with E-state index in [2.05, 4.69) is 33.2 Å². The minimum Gasteiger partial charge on any atom is -0.460 e. The maximum Gasteiger partial charge on any atom is 0.306 e. The lowest BCUT2D eigenvalue weighted by Crippen LogP contribution is -2.24. The summed E-state index contributed by atoms with van der Waals surface area (Å²) in [5, 5.41) is 5.27. The molecule has 2 aromatic rings. The van der Waals surface area contributed by atoms with E-state index in [9.17, 15) is 4.79 Å². The second-order valence-electron chi connectivity index (χ2n) is 5.85. The number of hydrogen-bond donors (Lipinski definition) is 1. The number of hydrogen-bond acceptors (Lipinski definition) is 4. The molecule has 5 nitrogen and oxygen atoms in total. The van der Waals surface area contributed by atoms with Crippen LogP contribution < -0.4 is 5.73 Å². The highest BCUT2D eigenvalue weighted by atomic mass is 127. The molecule has 1 heterocycles. The van der Waals surface area contributed by atoms with Crippen LogP contribution in [0.3, 0.4) is 0 Å². The number of esters is 1. The van der Waals surface area contributed by atoms with Gasteiger partial charge in [-0.05, 0) is 66.9 Å². The fraction of sp³-hybridized carbons (Fsp3) is 0.429. The Morgan fingerprint density at radius 1 is 1.48 bits per heavy atom. The third kappa shape index (κ3) is 4.30. The van der Waals surface area contributed by atoms with Crippen LogP contribution in [0.4, 0.5) is 5.69 Å². The predicted octanol–water partition coefficient (Wildman–Crippen LogP) is 3.68. The van der Waals surface area contributed by atoms with Crippen LogP contribution >= 0.6 is 28.4 Å². The van der Waals surface area contributed by atoms with Crippen molar-refractivity contribution in [1.82, 2.24) is 9.55 Å². The number of carbonyl (C=O) groups excluding carboxylic acids is 1. The standard InChI is InChI=1S/C14H19IN3O2P/c1-14(2,3)20-13(19)5-4-9-6-11(16)10-8-17-18(21-15)12(10)7-9/h6-8,21H,4-5,16H2,1-3H3. The van der Waals surface area contributed by atoms with Gasteiger partial charge >= 0.3 is 5.97 Å². The Balaban J connectivity index is 2.14. The molecule has 1 unspecified atom stereocenters. The van der Waals surface area contributed by atoms with E-state index in [0.29, 0.717) is 24.9 Å². The summed E-state index contributed by atoms with van der Waals surface area (Å²) < 4.78 is 7.24. The molecule has 2 rings (SSSR count). The molecule has 0 bridgehead atoms. The van der Waals surface area contributed by atoms with Crippen molar-refractivity contribution in [3.8, 4) is 0 Å². The molecule has 0 amide bonds. The number of nitrogens with zero attached hydrogens (tertiary/aromatic N) is 2. The highest BCUT2D eigenvalue weighted by molar-refractivity contribution is 14.2. The van der Waals surface area contributed by atoms with Gasteiger partial charge in [0.25, 0.3) is 0 Å². The predicted molar refractivity (Wildman–Crippen MR) is 96.0 cm³/mol. The van der Waals surface area contributed by atoms with Crippen molar-refractivity contribution in [2.45, 2.75) is 39.2 Å². The van der Waals surface area contributed by atoms with Crippen molar-refractivity contribution < 1.29 is 9.53 Å². The lowest BCUT2D eigenvalue weighted by Gasteiger charge is -2.19. The number of benzene rings is 1. The van der Waals surface area contributed by atoms with E-state index in [1.807, 2.05) is 31.3 Å². The summed E-state index contributed by atoms with van der Waals surface area (Å²) in [6, 6.07) is 3.96. The molecule has 0 radical (unpaired) electrons. The number of aryl methyl sites for hydroxylation is 1. The first-order valence-corrected chi connectivity index (χ1v) is 10.7. The molecule has 1 aromatic carbocycles. The summed E-state index contributed by atoms with van der Waals surface area (Å²) in [4.78, 5) is 11.8. The number of anilines is 1. The van der Waals surface area contributed by atoms with Crippen molar-refractivity contribution in [3.05, 3.63) is 23.9 Å². The van der Waals surface area contributed by atoms with E-state index < -0.39 is 5.60 Å². The average molecular weight is 419 g/mol. The number of ether oxygens (including phenoxy) is 1. The maximum atomic E-state index is 11.8. The molecule has 1 atom stereocenters. The third-order valence-electron chi connectivity index (χ3n) is 2.90. The van der Waals surface area contributed by atoms with E-state index in [-0.39, 0.29) is 5.97 Å². The van der Waals surface area contributed by atoms with Crippen molar-refractivity contribution in [3.63, 3.8) is 0 Å². The van der Waals surface area contributed by atoms with Crippen LogP contribution in [0.25, 0.3) is 10.9 Å². The first kappa shape index (κ1) is 16.5. The molecule has 0 aliphatic rings. The average Bonchev–Trinajstić information content (AvgIpc) is 2.78. The van der Waals surface area contributed by atoms with Crippen LogP contribution in [-0.4, -0.2) is 21.1 Å². The van der Waals surface area contributed by atoms with Gasteiger partial charge in [-0.2, -0.15) is 5.10 Å². The largest absolute Gasteiger partial charge is 0.460 e. The third-order valence-corrected chi connectivity index (χ3v) is 4.79. The summed E-state index contributed by atoms with van der Waals surface area (Å²) in [5.41, 5.74) is 8.37. The van der Waals surface area contributed by atoms with Crippen LogP contribution in [0.1, 0.15) is 32.8 Å². The van der Waals surface area contributed by atoms with E-state index in [1.165, 1.54) is 0 Å². The van der Waals surface area contributed by atoms with E-state index >= 15 is 0 Å². The molecular weight excluding hydrogens is 400 g/mol. The Hall–Kier alpha value is -0.880. The van der Waals surface area contributed by atoms with Gasteiger partial charge in [-0.15, -0.1) is 0 Å². The van der Waals surface area contributed by atoms with E-state index in [1.54, 1.807) is 6.20 Å². The molecule has 21 heavy (non-hydrogen) atoms. The fourth-order valence-corrected chi connectivity index (χ4v) is 3.60. The number of rotatable bonds is 4. The number of halogens is 1. The number of nitrogens with two attached hydrogens (primary N) is 1. The monoisotopic (exact) mass is 419 g/mol. The number of nitrogen functional groups attached to an aromatic ring is 1. The molecule has 0 aliphatic carbocycles. The lowest BCUT2D eigenvalue weighted by atomic mass is 10.1. The van der Waals surface area contributed by atoms with Crippen LogP contribution in [-0.2, 0) is 16.0 Å². The highest BCUT2D eigenvalue weighted by Crippen LogP contribution is 2.31. The SMILES string of the molecule is CC(C)(C)OC(=O)CCc1cc(N)c2cnn(PI)c2c1. The van der Waals surface area contributed by atoms with Crippen LogP contribution in [0.2, 0.25) is 0 Å². The van der Waals surface area contributed by atoms with Crippen molar-refractivity contribution >= 4 is 51.0 Å². The van der Waals surface area contributed by atoms with Crippen LogP contribution in [0.15, 0.2) is 18.3 Å². The van der Waals surface area contributed by atoms with Gasteiger partial charge in [0.05, 0.1) is 18.1 Å². The summed E-state index contributed by atoms with van der Waals surface area (Å²) in [7, 11) is 0. The van der Waals surface area contributed by atoms with E-state index in [0.717, 1.165) is 16.5 Å². The van der Waals surface area contributed by atoms with Crippen molar-refractivity contribution in [2.75, 3.05) is 5.73 Å². The quantitative estimate of drug-likeness (QED) is 0.355. The zero-order valence-electron chi connectivity index (χ0n) is 12.3. The van der Waals surface area contributed by atoms with Gasteiger partial charge in [-0.25, -0.2) is 4.45 Å². The molecular formula is C14H19IN3O2P. The van der Waals surface area contributed by atoms with Gasteiger partial charge in [-0.3, -0.25) is 4.79 Å². The van der Waals surface area contributed by atoms with Gasteiger partial charge in [0.15, 0.2) is 0 Å². The first-order valence-electron chi connectivity index (χ1n) is 6.65. The summed E-state index contributed by atoms with van der Waals surface area (Å²) >= 11 is 2.28. The Morgan fingerprint density at radius 2 is 2.19 bits per heavy atom. The molecule has 7 heteroatoms.